The molecule has 296 valence electrons. The van der Waals surface area contributed by atoms with E-state index in [4.69, 9.17) is 52.3 Å². The van der Waals surface area contributed by atoms with Crippen LogP contribution in [-0.2, 0) is 35.3 Å². The molecular formula is C40H36Br2Cl2F2N2O7S. The summed E-state index contributed by atoms with van der Waals surface area (Å²) in [5.74, 6) is -0.664. The lowest BCUT2D eigenvalue weighted by atomic mass is 10.1. The normalized spacial score (nSPS) is 11.9. The van der Waals surface area contributed by atoms with E-state index in [1.807, 2.05) is 32.9 Å². The number of carboxylic acid groups (broad SMARTS) is 2. The molecule has 6 aromatic rings. The van der Waals surface area contributed by atoms with Gasteiger partial charge in [0.15, 0.2) is 28.7 Å². The van der Waals surface area contributed by atoms with Crippen LogP contribution in [0.1, 0.15) is 55.3 Å². The van der Waals surface area contributed by atoms with Crippen molar-refractivity contribution in [3.8, 4) is 23.0 Å². The van der Waals surface area contributed by atoms with Crippen LogP contribution in [0.15, 0.2) is 61.9 Å². The second kappa shape index (κ2) is 18.6. The van der Waals surface area contributed by atoms with E-state index in [1.54, 1.807) is 29.5 Å². The summed E-state index contributed by atoms with van der Waals surface area (Å²) in [6.45, 7) is 10.4. The van der Waals surface area contributed by atoms with Crippen molar-refractivity contribution in [3.63, 3.8) is 0 Å². The van der Waals surface area contributed by atoms with Gasteiger partial charge in [0.1, 0.15) is 11.3 Å². The summed E-state index contributed by atoms with van der Waals surface area (Å²) in [4.78, 5) is 30.6. The molecule has 2 aromatic heterocycles. The minimum atomic E-state index is -2.02. The Morgan fingerprint density at radius 3 is 2.02 bits per heavy atom. The highest BCUT2D eigenvalue weighted by Crippen LogP contribution is 2.42. The van der Waals surface area contributed by atoms with Gasteiger partial charge in [-0.2, -0.15) is 4.39 Å². The zero-order valence-corrected chi connectivity index (χ0v) is 36.2. The number of nitrogens with zero attached hydrogens (tertiary/aromatic N) is 2. The Morgan fingerprint density at radius 2 is 1.43 bits per heavy atom. The third-order valence-electron chi connectivity index (χ3n) is 8.05. The van der Waals surface area contributed by atoms with Crippen molar-refractivity contribution in [1.29, 1.82) is 0 Å². The van der Waals surface area contributed by atoms with E-state index in [0.29, 0.717) is 61.2 Å². The molecule has 0 aliphatic rings. The molecule has 6 rings (SSSR count). The average Bonchev–Trinajstić information content (AvgIpc) is 3.70. The van der Waals surface area contributed by atoms with Crippen LogP contribution in [0, 0.1) is 24.6 Å². The molecular weight excluding hydrogens is 921 g/mol. The number of hydrogen-bond acceptors (Lipinski definition) is 8. The summed E-state index contributed by atoms with van der Waals surface area (Å²) < 4.78 is 47.5. The first kappa shape index (κ1) is 43.3. The monoisotopic (exact) mass is 954 g/mol. The van der Waals surface area contributed by atoms with Crippen LogP contribution < -0.4 is 9.47 Å². The number of aliphatic carboxylic acids is 2. The van der Waals surface area contributed by atoms with E-state index in [2.05, 4.69) is 50.7 Å². The highest BCUT2D eigenvalue weighted by molar-refractivity contribution is 9.11. The number of aromatic nitrogens is 2. The van der Waals surface area contributed by atoms with E-state index in [9.17, 15) is 18.4 Å². The van der Waals surface area contributed by atoms with Crippen LogP contribution in [0.4, 0.5) is 8.78 Å². The van der Waals surface area contributed by atoms with Crippen LogP contribution in [0.3, 0.4) is 0 Å². The molecule has 0 bridgehead atoms. The van der Waals surface area contributed by atoms with Gasteiger partial charge in [0.25, 0.3) is 0 Å². The number of halogens is 6. The van der Waals surface area contributed by atoms with E-state index in [0.717, 1.165) is 27.2 Å². The Labute approximate surface area is 352 Å². The van der Waals surface area contributed by atoms with Gasteiger partial charge in [-0.05, 0) is 110 Å². The predicted molar refractivity (Wildman–Crippen MR) is 221 cm³/mol. The smallest absolute Gasteiger partial charge is 0.338 e. The van der Waals surface area contributed by atoms with E-state index in [-0.39, 0.29) is 40.0 Å². The van der Waals surface area contributed by atoms with Crippen LogP contribution in [-0.4, -0.2) is 38.3 Å². The number of benzene rings is 4. The molecule has 0 saturated carbocycles. The topological polar surface area (TPSA) is 132 Å². The molecule has 2 N–H and O–H groups in total. The number of alkyl halides is 1. The minimum absolute atomic E-state index is 0.0174. The van der Waals surface area contributed by atoms with Gasteiger partial charge >= 0.3 is 11.9 Å². The van der Waals surface area contributed by atoms with Crippen molar-refractivity contribution in [2.24, 2.45) is 11.8 Å². The zero-order chi connectivity index (χ0) is 41.0. The summed E-state index contributed by atoms with van der Waals surface area (Å²) in [7, 11) is 0. The summed E-state index contributed by atoms with van der Waals surface area (Å²) in [6.07, 6.45) is -0.938. The summed E-state index contributed by atoms with van der Waals surface area (Å²) in [5.41, 5.74) is 3.31. The molecule has 0 saturated heterocycles. The number of hydrogen-bond donors (Lipinski definition) is 2. The van der Waals surface area contributed by atoms with E-state index < -0.39 is 23.9 Å². The molecule has 0 radical (unpaired) electrons. The fourth-order valence-corrected chi connectivity index (χ4v) is 8.85. The Morgan fingerprint density at radius 1 is 0.839 bits per heavy atom. The number of rotatable bonds is 13. The number of fused-ring (bicyclic) bond motifs is 2. The van der Waals surface area contributed by atoms with Crippen molar-refractivity contribution in [2.45, 2.75) is 66.5 Å². The highest BCUT2D eigenvalue weighted by Gasteiger charge is 2.22. The molecule has 0 fully saturated rings. The Balaban J connectivity index is 0.000000215. The van der Waals surface area contributed by atoms with Gasteiger partial charge in [0, 0.05) is 24.8 Å². The van der Waals surface area contributed by atoms with Crippen molar-refractivity contribution < 1.29 is 42.5 Å². The molecule has 2 heterocycles. The summed E-state index contributed by atoms with van der Waals surface area (Å²) >= 11 is 20.9. The standard InChI is InChI=1S/C20H17Br2F2NO4.C20H19Cl2NO3S/c1-9(2)5-16-25-14-3-4-15(17(24)19(14)29-16)28-18-11(21)6-10(7-12(18)22)8-13(23)20(26)27;1-10(2)6-17-23-15-4-5-16(11(3)20(15)27-17)26-19-13(21)7-12(8-14(19)22)9-18(24)25/h3-4,6-7,9,13H,5,8H2,1-2H3,(H,26,27);4-5,7-8,10H,6,9H2,1-3H3,(H,24,25). The minimum Gasteiger partial charge on any atom is -0.481 e. The molecule has 9 nitrogen and oxygen atoms in total. The van der Waals surface area contributed by atoms with Gasteiger partial charge in [0.2, 0.25) is 12.0 Å². The number of thiazole rings is 1. The fraction of sp³-hybridized carbons (Fsp3) is 0.300. The molecule has 56 heavy (non-hydrogen) atoms. The van der Waals surface area contributed by atoms with Gasteiger partial charge in [0.05, 0.1) is 40.6 Å². The van der Waals surface area contributed by atoms with Crippen LogP contribution in [0.25, 0.3) is 21.3 Å². The number of carbonyl (C=O) groups is 2. The van der Waals surface area contributed by atoms with Crippen molar-refractivity contribution in [1.82, 2.24) is 9.97 Å². The molecule has 0 aliphatic carbocycles. The molecule has 1 unspecified atom stereocenters. The third kappa shape index (κ3) is 10.8. The van der Waals surface area contributed by atoms with Crippen molar-refractivity contribution >= 4 is 99.7 Å². The lowest BCUT2D eigenvalue weighted by molar-refractivity contribution is -0.142. The van der Waals surface area contributed by atoms with E-state index in [1.165, 1.54) is 18.2 Å². The maximum atomic E-state index is 14.9. The average molecular weight is 958 g/mol. The SMILES string of the molecule is CC(C)Cc1nc2ccc(Oc3c(Br)cc(CC(F)C(=O)O)cc3Br)c(F)c2o1.Cc1c(Oc2c(Cl)cc(CC(=O)O)cc2Cl)ccc2nc(CC(C)C)sc12. The molecule has 1 atom stereocenters. The maximum Gasteiger partial charge on any atom is 0.338 e. The Bertz CT molecular complexity index is 2380. The van der Waals surface area contributed by atoms with Gasteiger partial charge in [-0.15, -0.1) is 11.3 Å². The lowest BCUT2D eigenvalue weighted by Gasteiger charge is -2.13. The van der Waals surface area contributed by atoms with Crippen molar-refractivity contribution in [2.75, 3.05) is 0 Å². The fourth-order valence-electron chi connectivity index (χ4n) is 5.53. The number of ether oxygens (including phenoxy) is 2. The van der Waals surface area contributed by atoms with Crippen LogP contribution in [0.5, 0.6) is 23.0 Å². The molecule has 0 aliphatic heterocycles. The lowest BCUT2D eigenvalue weighted by Crippen LogP contribution is -2.17. The van der Waals surface area contributed by atoms with Gasteiger partial charge in [-0.3, -0.25) is 4.79 Å². The third-order valence-corrected chi connectivity index (χ3v) is 11.0. The molecule has 4 aromatic carbocycles. The second-order valence-electron chi connectivity index (χ2n) is 13.7. The predicted octanol–water partition coefficient (Wildman–Crippen LogP) is 13.0. The molecule has 16 heteroatoms. The first-order valence-electron chi connectivity index (χ1n) is 17.3. The first-order chi connectivity index (χ1) is 26.4. The maximum absolute atomic E-state index is 14.9. The number of oxazole rings is 1. The number of aryl methyl sites for hydroxylation is 1. The van der Waals surface area contributed by atoms with Gasteiger partial charge < -0.3 is 24.1 Å². The first-order valence-corrected chi connectivity index (χ1v) is 20.4. The quantitative estimate of drug-likeness (QED) is 0.116. The molecule has 0 amide bonds. The zero-order valence-electron chi connectivity index (χ0n) is 30.7. The Hall–Kier alpha value is -3.82. The van der Waals surface area contributed by atoms with Crippen molar-refractivity contribution in [3.05, 3.63) is 101 Å². The molecule has 0 spiro atoms. The van der Waals surface area contributed by atoms with E-state index >= 15 is 0 Å². The van der Waals surface area contributed by atoms with Crippen LogP contribution >= 0.6 is 66.4 Å². The summed E-state index contributed by atoms with van der Waals surface area (Å²) in [5, 5.41) is 19.3. The Kier molecular flexibility index (Phi) is 14.4. The highest BCUT2D eigenvalue weighted by atomic mass is 79.9. The second-order valence-corrected chi connectivity index (χ2v) is 17.3. The largest absolute Gasteiger partial charge is 0.481 e. The summed E-state index contributed by atoms with van der Waals surface area (Å²) in [6, 6.07) is 13.0. The van der Waals surface area contributed by atoms with Gasteiger partial charge in [-0.25, -0.2) is 19.2 Å². The van der Waals surface area contributed by atoms with Gasteiger partial charge in [-0.1, -0.05) is 50.9 Å². The number of carboxylic acids is 2. The van der Waals surface area contributed by atoms with Crippen LogP contribution in [0.2, 0.25) is 10.0 Å².